The highest BCUT2D eigenvalue weighted by atomic mass is 15.3. The van der Waals surface area contributed by atoms with Crippen molar-refractivity contribution in [3.63, 3.8) is 0 Å². The van der Waals surface area contributed by atoms with Crippen LogP contribution in [0.3, 0.4) is 0 Å². The van der Waals surface area contributed by atoms with E-state index in [9.17, 15) is 0 Å². The molecule has 0 aromatic carbocycles. The van der Waals surface area contributed by atoms with Crippen LogP contribution >= 0.6 is 0 Å². The highest BCUT2D eigenvalue weighted by molar-refractivity contribution is 5.56. The average Bonchev–Trinajstić information content (AvgIpc) is 2.30. The van der Waals surface area contributed by atoms with Gasteiger partial charge in [-0.3, -0.25) is 0 Å². The molecule has 4 nitrogen and oxygen atoms in total. The molecule has 12 heavy (non-hydrogen) atoms. The van der Waals surface area contributed by atoms with Gasteiger partial charge in [-0.05, 0) is 12.3 Å². The number of aryl methyl sites for hydroxylation is 1. The van der Waals surface area contributed by atoms with Crippen molar-refractivity contribution in [2.45, 2.75) is 26.8 Å². The summed E-state index contributed by atoms with van der Waals surface area (Å²) in [6, 6.07) is 0. The summed E-state index contributed by atoms with van der Waals surface area (Å²) in [5, 5.41) is 4.05. The first-order valence-corrected chi connectivity index (χ1v) is 4.18. The summed E-state index contributed by atoms with van der Waals surface area (Å²) in [5.41, 5.74) is 11.8. The molecule has 0 spiro atoms. The van der Waals surface area contributed by atoms with Crippen LogP contribution in [-0.2, 0) is 6.54 Å². The average molecular weight is 168 g/mol. The van der Waals surface area contributed by atoms with Crippen molar-refractivity contribution in [3.05, 3.63) is 6.20 Å². The summed E-state index contributed by atoms with van der Waals surface area (Å²) >= 11 is 0. The maximum atomic E-state index is 5.66. The molecule has 68 valence electrons. The topological polar surface area (TPSA) is 69.9 Å². The summed E-state index contributed by atoms with van der Waals surface area (Å²) in [4.78, 5) is 0. The Morgan fingerprint density at radius 3 is 2.58 bits per heavy atom. The lowest BCUT2D eigenvalue weighted by molar-refractivity contribution is 0.491. The van der Waals surface area contributed by atoms with E-state index in [1.54, 1.807) is 10.9 Å². The SMILES string of the molecule is CC(C)CCn1ncc(N)c1N. The van der Waals surface area contributed by atoms with Crippen molar-refractivity contribution in [2.24, 2.45) is 5.92 Å². The monoisotopic (exact) mass is 168 g/mol. The van der Waals surface area contributed by atoms with E-state index in [0.29, 0.717) is 17.4 Å². The van der Waals surface area contributed by atoms with E-state index in [2.05, 4.69) is 18.9 Å². The van der Waals surface area contributed by atoms with Crippen molar-refractivity contribution < 1.29 is 0 Å². The van der Waals surface area contributed by atoms with Crippen LogP contribution in [0.4, 0.5) is 11.5 Å². The Bertz CT molecular complexity index is 252. The van der Waals surface area contributed by atoms with Gasteiger partial charge in [-0.25, -0.2) is 4.68 Å². The first-order valence-electron chi connectivity index (χ1n) is 4.18. The molecule has 0 aliphatic carbocycles. The van der Waals surface area contributed by atoms with Crippen LogP contribution in [0.15, 0.2) is 6.20 Å². The molecule has 1 heterocycles. The van der Waals surface area contributed by atoms with Crippen LogP contribution in [0, 0.1) is 5.92 Å². The van der Waals surface area contributed by atoms with Gasteiger partial charge in [0.05, 0.1) is 11.9 Å². The Morgan fingerprint density at radius 2 is 2.17 bits per heavy atom. The zero-order valence-electron chi connectivity index (χ0n) is 7.62. The fourth-order valence-electron chi connectivity index (χ4n) is 0.968. The van der Waals surface area contributed by atoms with Crippen molar-refractivity contribution in [2.75, 3.05) is 11.5 Å². The summed E-state index contributed by atoms with van der Waals surface area (Å²) in [7, 11) is 0. The number of nitrogens with two attached hydrogens (primary N) is 2. The van der Waals surface area contributed by atoms with Crippen LogP contribution in [0.1, 0.15) is 20.3 Å². The Morgan fingerprint density at radius 1 is 1.50 bits per heavy atom. The van der Waals surface area contributed by atoms with E-state index < -0.39 is 0 Å². The van der Waals surface area contributed by atoms with Gasteiger partial charge >= 0.3 is 0 Å². The number of hydrogen-bond acceptors (Lipinski definition) is 3. The Hall–Kier alpha value is -1.19. The summed E-state index contributed by atoms with van der Waals surface area (Å²) < 4.78 is 1.75. The maximum absolute atomic E-state index is 5.66. The third-order valence-electron chi connectivity index (χ3n) is 1.83. The van der Waals surface area contributed by atoms with Gasteiger partial charge in [-0.15, -0.1) is 0 Å². The van der Waals surface area contributed by atoms with Gasteiger partial charge in [0.25, 0.3) is 0 Å². The second-order valence-corrected chi connectivity index (χ2v) is 3.39. The zero-order chi connectivity index (χ0) is 9.14. The quantitative estimate of drug-likeness (QED) is 0.709. The van der Waals surface area contributed by atoms with Crippen LogP contribution in [0.5, 0.6) is 0 Å². The van der Waals surface area contributed by atoms with Crippen LogP contribution in [0.25, 0.3) is 0 Å². The van der Waals surface area contributed by atoms with E-state index in [-0.39, 0.29) is 0 Å². The molecular formula is C8H16N4. The largest absolute Gasteiger partial charge is 0.394 e. The fourth-order valence-corrected chi connectivity index (χ4v) is 0.968. The molecule has 1 aromatic rings. The molecule has 0 amide bonds. The zero-order valence-corrected chi connectivity index (χ0v) is 7.62. The second-order valence-electron chi connectivity index (χ2n) is 3.39. The number of nitrogens with zero attached hydrogens (tertiary/aromatic N) is 2. The van der Waals surface area contributed by atoms with Crippen LogP contribution in [-0.4, -0.2) is 9.78 Å². The molecular weight excluding hydrogens is 152 g/mol. The number of rotatable bonds is 3. The first-order chi connectivity index (χ1) is 5.61. The molecule has 4 heteroatoms. The molecule has 0 fully saturated rings. The molecule has 0 aliphatic heterocycles. The Labute approximate surface area is 72.5 Å². The highest BCUT2D eigenvalue weighted by Crippen LogP contribution is 2.13. The van der Waals surface area contributed by atoms with Gasteiger partial charge in [-0.1, -0.05) is 13.8 Å². The maximum Gasteiger partial charge on any atom is 0.145 e. The van der Waals surface area contributed by atoms with Crippen molar-refractivity contribution >= 4 is 11.5 Å². The van der Waals surface area contributed by atoms with Crippen molar-refractivity contribution in [1.29, 1.82) is 0 Å². The van der Waals surface area contributed by atoms with Crippen molar-refractivity contribution in [1.82, 2.24) is 9.78 Å². The number of aromatic nitrogens is 2. The predicted octanol–water partition coefficient (Wildman–Crippen LogP) is 1.09. The van der Waals surface area contributed by atoms with Crippen LogP contribution < -0.4 is 11.5 Å². The van der Waals surface area contributed by atoms with E-state index >= 15 is 0 Å². The first kappa shape index (κ1) is 8.90. The lowest BCUT2D eigenvalue weighted by Crippen LogP contribution is -2.07. The van der Waals surface area contributed by atoms with Gasteiger partial charge in [0.2, 0.25) is 0 Å². The van der Waals surface area contributed by atoms with Crippen molar-refractivity contribution in [3.8, 4) is 0 Å². The number of nitrogen functional groups attached to an aromatic ring is 2. The third kappa shape index (κ3) is 1.90. The molecule has 0 radical (unpaired) electrons. The summed E-state index contributed by atoms with van der Waals surface area (Å²) in [5.74, 6) is 1.24. The molecule has 0 bridgehead atoms. The highest BCUT2D eigenvalue weighted by Gasteiger charge is 2.03. The minimum absolute atomic E-state index is 0.568. The second kappa shape index (κ2) is 3.47. The van der Waals surface area contributed by atoms with E-state index in [0.717, 1.165) is 13.0 Å². The van der Waals surface area contributed by atoms with Gasteiger partial charge in [0.15, 0.2) is 0 Å². The Kier molecular flexibility index (Phi) is 2.58. The fraction of sp³-hybridized carbons (Fsp3) is 0.625. The van der Waals surface area contributed by atoms with E-state index in [4.69, 9.17) is 11.5 Å². The van der Waals surface area contributed by atoms with E-state index in [1.165, 1.54) is 0 Å². The smallest absolute Gasteiger partial charge is 0.145 e. The predicted molar refractivity (Wildman–Crippen MR) is 50.5 cm³/mol. The molecule has 1 rings (SSSR count). The minimum atomic E-state index is 0.568. The minimum Gasteiger partial charge on any atom is -0.394 e. The van der Waals surface area contributed by atoms with Gasteiger partial charge in [-0.2, -0.15) is 5.10 Å². The standard InChI is InChI=1S/C8H16N4/c1-6(2)3-4-12-8(10)7(9)5-11-12/h5-6H,3-4,9-10H2,1-2H3. The Balaban J connectivity index is 2.58. The molecule has 0 aliphatic rings. The van der Waals surface area contributed by atoms with Gasteiger partial charge in [0, 0.05) is 6.54 Å². The molecule has 1 aromatic heterocycles. The third-order valence-corrected chi connectivity index (χ3v) is 1.83. The number of anilines is 2. The number of hydrogen-bond donors (Lipinski definition) is 2. The summed E-state index contributed by atoms with van der Waals surface area (Å²) in [6.45, 7) is 5.19. The summed E-state index contributed by atoms with van der Waals surface area (Å²) in [6.07, 6.45) is 2.67. The van der Waals surface area contributed by atoms with Crippen LogP contribution in [0.2, 0.25) is 0 Å². The van der Waals surface area contributed by atoms with E-state index in [1.807, 2.05) is 0 Å². The molecule has 0 saturated carbocycles. The molecule has 4 N–H and O–H groups in total. The molecule has 0 atom stereocenters. The normalized spacial score (nSPS) is 10.9. The van der Waals surface area contributed by atoms with Gasteiger partial charge < -0.3 is 11.5 Å². The molecule has 0 unspecified atom stereocenters. The molecule has 0 saturated heterocycles. The lowest BCUT2D eigenvalue weighted by atomic mass is 10.1. The van der Waals surface area contributed by atoms with Gasteiger partial charge in [0.1, 0.15) is 5.82 Å². The lowest BCUT2D eigenvalue weighted by Gasteiger charge is -2.06.